The Hall–Kier alpha value is -1.52. The number of para-hydroxylation sites is 1. The van der Waals surface area contributed by atoms with Crippen LogP contribution < -0.4 is 10.5 Å². The standard InChI is InChI=1S/C14H18ClN3O/c1-3-11-7-12(18(2)17-11)9-19-14-10(8-16)5-4-6-13(14)15/h4-7H,3,8-9,16H2,1-2H3. The highest BCUT2D eigenvalue weighted by molar-refractivity contribution is 6.32. The Morgan fingerprint density at radius 2 is 2.21 bits per heavy atom. The Labute approximate surface area is 118 Å². The van der Waals surface area contributed by atoms with Gasteiger partial charge in [0.2, 0.25) is 0 Å². The van der Waals surface area contributed by atoms with Gasteiger partial charge < -0.3 is 10.5 Å². The average molecular weight is 280 g/mol. The Bertz CT molecular complexity index is 566. The van der Waals surface area contributed by atoms with Gasteiger partial charge in [-0.25, -0.2) is 0 Å². The third-order valence-corrected chi connectivity index (χ3v) is 3.32. The summed E-state index contributed by atoms with van der Waals surface area (Å²) in [6.07, 6.45) is 0.911. The Morgan fingerprint density at radius 3 is 2.84 bits per heavy atom. The maximum atomic E-state index is 6.14. The molecule has 4 nitrogen and oxygen atoms in total. The largest absolute Gasteiger partial charge is 0.485 e. The molecule has 1 aromatic heterocycles. The first-order valence-electron chi connectivity index (χ1n) is 6.27. The molecular weight excluding hydrogens is 262 g/mol. The van der Waals surface area contributed by atoms with Crippen LogP contribution in [0.4, 0.5) is 0 Å². The molecule has 0 fully saturated rings. The lowest BCUT2D eigenvalue weighted by Crippen LogP contribution is -2.06. The summed E-state index contributed by atoms with van der Waals surface area (Å²) in [6.45, 7) is 2.91. The Morgan fingerprint density at radius 1 is 1.42 bits per heavy atom. The fourth-order valence-electron chi connectivity index (χ4n) is 1.90. The van der Waals surface area contributed by atoms with Crippen LogP contribution in [-0.2, 0) is 26.6 Å². The maximum absolute atomic E-state index is 6.14. The van der Waals surface area contributed by atoms with Crippen molar-refractivity contribution in [3.05, 3.63) is 46.2 Å². The number of rotatable bonds is 5. The fourth-order valence-corrected chi connectivity index (χ4v) is 2.15. The van der Waals surface area contributed by atoms with Gasteiger partial charge in [0.15, 0.2) is 0 Å². The molecule has 0 aliphatic heterocycles. The van der Waals surface area contributed by atoms with Crippen LogP contribution in [0.15, 0.2) is 24.3 Å². The first kappa shape index (κ1) is 13.9. The molecule has 0 atom stereocenters. The Kier molecular flexibility index (Phi) is 4.45. The van der Waals surface area contributed by atoms with Gasteiger partial charge in [0.1, 0.15) is 12.4 Å². The molecule has 0 saturated heterocycles. The van der Waals surface area contributed by atoms with E-state index in [1.165, 1.54) is 0 Å². The van der Waals surface area contributed by atoms with Crippen molar-refractivity contribution in [1.82, 2.24) is 9.78 Å². The maximum Gasteiger partial charge on any atom is 0.142 e. The highest BCUT2D eigenvalue weighted by Gasteiger charge is 2.09. The number of nitrogens with two attached hydrogens (primary N) is 1. The predicted octanol–water partition coefficient (Wildman–Crippen LogP) is 2.67. The topological polar surface area (TPSA) is 53.1 Å². The molecule has 0 unspecified atom stereocenters. The van der Waals surface area contributed by atoms with E-state index in [-0.39, 0.29) is 0 Å². The summed E-state index contributed by atoms with van der Waals surface area (Å²) in [5, 5.41) is 4.97. The van der Waals surface area contributed by atoms with Crippen molar-refractivity contribution >= 4 is 11.6 Å². The molecule has 2 aromatic rings. The number of hydrogen-bond acceptors (Lipinski definition) is 3. The number of nitrogens with zero attached hydrogens (tertiary/aromatic N) is 2. The zero-order valence-corrected chi connectivity index (χ0v) is 11.9. The summed E-state index contributed by atoms with van der Waals surface area (Å²) in [5.41, 5.74) is 8.66. The molecule has 0 amide bonds. The van der Waals surface area contributed by atoms with Crippen molar-refractivity contribution in [3.63, 3.8) is 0 Å². The first-order valence-corrected chi connectivity index (χ1v) is 6.65. The quantitative estimate of drug-likeness (QED) is 0.915. The summed E-state index contributed by atoms with van der Waals surface area (Å²) in [7, 11) is 1.91. The zero-order valence-electron chi connectivity index (χ0n) is 11.2. The van der Waals surface area contributed by atoms with Crippen molar-refractivity contribution in [1.29, 1.82) is 0 Å². The molecule has 2 rings (SSSR count). The minimum Gasteiger partial charge on any atom is -0.485 e. The summed E-state index contributed by atoms with van der Waals surface area (Å²) in [5.74, 6) is 0.658. The molecule has 1 aromatic carbocycles. The van der Waals surface area contributed by atoms with Gasteiger partial charge in [-0.05, 0) is 18.6 Å². The van der Waals surface area contributed by atoms with Crippen molar-refractivity contribution in [2.75, 3.05) is 0 Å². The van der Waals surface area contributed by atoms with E-state index in [0.29, 0.717) is 23.9 Å². The lowest BCUT2D eigenvalue weighted by atomic mass is 10.2. The molecule has 0 aliphatic carbocycles. The second kappa shape index (κ2) is 6.08. The van der Waals surface area contributed by atoms with E-state index >= 15 is 0 Å². The summed E-state index contributed by atoms with van der Waals surface area (Å²) < 4.78 is 7.64. The van der Waals surface area contributed by atoms with E-state index in [1.807, 2.05) is 29.9 Å². The van der Waals surface area contributed by atoms with Gasteiger partial charge in [-0.15, -0.1) is 0 Å². The minimum absolute atomic E-state index is 0.404. The molecule has 0 radical (unpaired) electrons. The molecule has 0 saturated carbocycles. The van der Waals surface area contributed by atoms with Crippen LogP contribution in [-0.4, -0.2) is 9.78 Å². The smallest absolute Gasteiger partial charge is 0.142 e. The minimum atomic E-state index is 0.404. The highest BCUT2D eigenvalue weighted by Crippen LogP contribution is 2.29. The summed E-state index contributed by atoms with van der Waals surface area (Å²) in [4.78, 5) is 0. The highest BCUT2D eigenvalue weighted by atomic mass is 35.5. The van der Waals surface area contributed by atoms with Crippen molar-refractivity contribution in [2.24, 2.45) is 12.8 Å². The summed E-state index contributed by atoms with van der Waals surface area (Å²) in [6, 6.07) is 7.63. The average Bonchev–Trinajstić information content (AvgIpc) is 2.77. The summed E-state index contributed by atoms with van der Waals surface area (Å²) >= 11 is 6.14. The molecule has 0 bridgehead atoms. The van der Waals surface area contributed by atoms with E-state index in [2.05, 4.69) is 12.0 Å². The second-order valence-electron chi connectivity index (χ2n) is 4.33. The van der Waals surface area contributed by atoms with Crippen LogP contribution in [0.2, 0.25) is 5.02 Å². The number of ether oxygens (including phenoxy) is 1. The van der Waals surface area contributed by atoms with Gasteiger partial charge in [0.25, 0.3) is 0 Å². The van der Waals surface area contributed by atoms with Gasteiger partial charge in [0, 0.05) is 19.2 Å². The second-order valence-corrected chi connectivity index (χ2v) is 4.73. The Balaban J connectivity index is 2.16. The molecule has 19 heavy (non-hydrogen) atoms. The molecule has 2 N–H and O–H groups in total. The number of hydrogen-bond donors (Lipinski definition) is 1. The molecule has 0 spiro atoms. The van der Waals surface area contributed by atoms with Gasteiger partial charge in [-0.3, -0.25) is 4.68 Å². The van der Waals surface area contributed by atoms with Crippen LogP contribution in [0.5, 0.6) is 5.75 Å². The van der Waals surface area contributed by atoms with Crippen LogP contribution in [0.1, 0.15) is 23.9 Å². The normalized spacial score (nSPS) is 10.7. The monoisotopic (exact) mass is 279 g/mol. The number of aromatic nitrogens is 2. The molecule has 1 heterocycles. The molecule has 0 aliphatic rings. The SMILES string of the molecule is CCc1cc(COc2c(Cl)cccc2CN)n(C)n1. The van der Waals surface area contributed by atoms with Gasteiger partial charge in [0.05, 0.1) is 16.4 Å². The lowest BCUT2D eigenvalue weighted by molar-refractivity contribution is 0.292. The van der Waals surface area contributed by atoms with Crippen LogP contribution in [0, 0.1) is 0 Å². The lowest BCUT2D eigenvalue weighted by Gasteiger charge is -2.12. The fraction of sp³-hybridized carbons (Fsp3) is 0.357. The van der Waals surface area contributed by atoms with E-state index in [9.17, 15) is 0 Å². The molecule has 102 valence electrons. The van der Waals surface area contributed by atoms with Crippen molar-refractivity contribution in [3.8, 4) is 5.75 Å². The van der Waals surface area contributed by atoms with Crippen LogP contribution in [0.3, 0.4) is 0 Å². The number of aryl methyl sites for hydroxylation is 2. The van der Waals surface area contributed by atoms with E-state index in [0.717, 1.165) is 23.4 Å². The number of halogens is 1. The third kappa shape index (κ3) is 3.08. The number of benzene rings is 1. The predicted molar refractivity (Wildman–Crippen MR) is 76.3 cm³/mol. The van der Waals surface area contributed by atoms with Crippen molar-refractivity contribution in [2.45, 2.75) is 26.5 Å². The van der Waals surface area contributed by atoms with Crippen molar-refractivity contribution < 1.29 is 4.74 Å². The van der Waals surface area contributed by atoms with E-state index in [4.69, 9.17) is 22.1 Å². The van der Waals surface area contributed by atoms with E-state index in [1.54, 1.807) is 6.07 Å². The zero-order chi connectivity index (χ0) is 13.8. The molecular formula is C14H18ClN3O. The third-order valence-electron chi connectivity index (χ3n) is 3.02. The van der Waals surface area contributed by atoms with Crippen LogP contribution >= 0.6 is 11.6 Å². The van der Waals surface area contributed by atoms with Gasteiger partial charge in [-0.2, -0.15) is 5.10 Å². The molecule has 5 heteroatoms. The first-order chi connectivity index (χ1) is 9.15. The van der Waals surface area contributed by atoms with Gasteiger partial charge in [-0.1, -0.05) is 30.7 Å². The van der Waals surface area contributed by atoms with Crippen LogP contribution in [0.25, 0.3) is 0 Å². The van der Waals surface area contributed by atoms with E-state index < -0.39 is 0 Å². The van der Waals surface area contributed by atoms with Gasteiger partial charge >= 0.3 is 0 Å².